The van der Waals surface area contributed by atoms with Crippen LogP contribution in [0.25, 0.3) is 0 Å². The Bertz CT molecular complexity index is 642. The summed E-state index contributed by atoms with van der Waals surface area (Å²) in [4.78, 5) is 14.4. The predicted molar refractivity (Wildman–Crippen MR) is 90.4 cm³/mol. The second-order valence-corrected chi connectivity index (χ2v) is 6.81. The van der Waals surface area contributed by atoms with E-state index in [4.69, 9.17) is 4.52 Å². The maximum atomic E-state index is 12.0. The van der Waals surface area contributed by atoms with Crippen LogP contribution >= 0.6 is 0 Å². The number of nitrogens with zero attached hydrogens (tertiary/aromatic N) is 4. The number of rotatable bonds is 6. The molecule has 0 saturated carbocycles. The third kappa shape index (κ3) is 4.23. The number of anilines is 1. The molecule has 2 aromatic heterocycles. The minimum Gasteiger partial charge on any atom is -0.364 e. The van der Waals surface area contributed by atoms with Crippen LogP contribution in [-0.4, -0.2) is 38.8 Å². The second kappa shape index (κ2) is 7.61. The molecule has 7 nitrogen and oxygen atoms in total. The van der Waals surface area contributed by atoms with Gasteiger partial charge in [0.1, 0.15) is 12.1 Å². The van der Waals surface area contributed by atoms with Crippen LogP contribution in [0.15, 0.2) is 29.1 Å². The van der Waals surface area contributed by atoms with Crippen LogP contribution in [0.4, 0.5) is 5.82 Å². The van der Waals surface area contributed by atoms with Gasteiger partial charge in [0.2, 0.25) is 5.91 Å². The summed E-state index contributed by atoms with van der Waals surface area (Å²) < 4.78 is 6.85. The highest BCUT2D eigenvalue weighted by Gasteiger charge is 2.23. The Morgan fingerprint density at radius 1 is 1.38 bits per heavy atom. The van der Waals surface area contributed by atoms with Crippen LogP contribution in [0, 0.1) is 5.92 Å². The molecule has 1 fully saturated rings. The van der Waals surface area contributed by atoms with Crippen molar-refractivity contribution in [3.8, 4) is 0 Å². The summed E-state index contributed by atoms with van der Waals surface area (Å²) in [6.45, 7) is 6.87. The SMILES string of the molecule is CC(C)CC(=O)Nc1ccnn1C1CCN(Cc2ccon2)CC1. The van der Waals surface area contributed by atoms with Crippen LogP contribution in [-0.2, 0) is 11.3 Å². The monoisotopic (exact) mass is 331 g/mol. The quantitative estimate of drug-likeness (QED) is 0.881. The van der Waals surface area contributed by atoms with Crippen LogP contribution < -0.4 is 5.32 Å². The second-order valence-electron chi connectivity index (χ2n) is 6.81. The number of piperidine rings is 1. The minimum atomic E-state index is 0.0511. The molecule has 0 atom stereocenters. The molecule has 1 N–H and O–H groups in total. The van der Waals surface area contributed by atoms with Crippen molar-refractivity contribution in [3.05, 3.63) is 30.3 Å². The molecule has 3 rings (SSSR count). The number of nitrogens with one attached hydrogen (secondary N) is 1. The largest absolute Gasteiger partial charge is 0.364 e. The van der Waals surface area contributed by atoms with Gasteiger partial charge >= 0.3 is 0 Å². The average molecular weight is 331 g/mol. The van der Waals surface area contributed by atoms with Gasteiger partial charge in [-0.1, -0.05) is 19.0 Å². The molecule has 0 bridgehead atoms. The molecule has 3 heterocycles. The summed E-state index contributed by atoms with van der Waals surface area (Å²) >= 11 is 0. The van der Waals surface area contributed by atoms with Gasteiger partial charge in [0.15, 0.2) is 0 Å². The molecule has 1 aliphatic heterocycles. The number of aromatic nitrogens is 3. The summed E-state index contributed by atoms with van der Waals surface area (Å²) in [5.74, 6) is 1.20. The predicted octanol–water partition coefficient (Wildman–Crippen LogP) is 2.69. The first-order valence-electron chi connectivity index (χ1n) is 8.57. The average Bonchev–Trinajstić information content (AvgIpc) is 3.19. The molecule has 0 radical (unpaired) electrons. The lowest BCUT2D eigenvalue weighted by Gasteiger charge is -2.32. The molecule has 1 saturated heterocycles. The van der Waals surface area contributed by atoms with Crippen molar-refractivity contribution in [2.45, 2.75) is 45.7 Å². The molecule has 1 amide bonds. The molecule has 0 aromatic carbocycles. The number of carbonyl (C=O) groups is 1. The Hall–Kier alpha value is -2.15. The first-order valence-corrected chi connectivity index (χ1v) is 8.57. The number of amides is 1. The zero-order valence-electron chi connectivity index (χ0n) is 14.3. The molecule has 7 heteroatoms. The lowest BCUT2D eigenvalue weighted by Crippen LogP contribution is -2.35. The lowest BCUT2D eigenvalue weighted by molar-refractivity contribution is -0.116. The van der Waals surface area contributed by atoms with E-state index in [9.17, 15) is 4.79 Å². The number of likely N-dealkylation sites (tertiary alicyclic amines) is 1. The van der Waals surface area contributed by atoms with E-state index in [0.29, 0.717) is 18.4 Å². The molecular weight excluding hydrogens is 306 g/mol. The Balaban J connectivity index is 1.55. The fraction of sp³-hybridized carbons (Fsp3) is 0.588. The topological polar surface area (TPSA) is 76.2 Å². The first-order chi connectivity index (χ1) is 11.6. The highest BCUT2D eigenvalue weighted by atomic mass is 16.5. The summed E-state index contributed by atoms with van der Waals surface area (Å²) in [6, 6.07) is 4.10. The first kappa shape index (κ1) is 16.7. The van der Waals surface area contributed by atoms with E-state index in [0.717, 1.165) is 44.0 Å². The molecule has 1 aliphatic rings. The zero-order valence-corrected chi connectivity index (χ0v) is 14.3. The van der Waals surface area contributed by atoms with Crippen molar-refractivity contribution in [3.63, 3.8) is 0 Å². The fourth-order valence-corrected chi connectivity index (χ4v) is 3.14. The van der Waals surface area contributed by atoms with Gasteiger partial charge < -0.3 is 9.84 Å². The number of hydrogen-bond donors (Lipinski definition) is 1. The Labute approximate surface area is 142 Å². The van der Waals surface area contributed by atoms with E-state index >= 15 is 0 Å². The Morgan fingerprint density at radius 2 is 2.17 bits per heavy atom. The van der Waals surface area contributed by atoms with Crippen molar-refractivity contribution in [1.29, 1.82) is 0 Å². The highest BCUT2D eigenvalue weighted by molar-refractivity contribution is 5.89. The standard InChI is InChI=1S/C17H25N5O2/c1-13(2)11-17(23)19-16-3-7-18-22(16)15-4-8-21(9-5-15)12-14-6-10-24-20-14/h3,6-7,10,13,15H,4-5,8-9,11-12H2,1-2H3,(H,19,23). The molecule has 130 valence electrons. The van der Waals surface area contributed by atoms with E-state index in [1.165, 1.54) is 0 Å². The summed E-state index contributed by atoms with van der Waals surface area (Å²) in [5.41, 5.74) is 0.967. The molecule has 24 heavy (non-hydrogen) atoms. The molecule has 0 spiro atoms. The van der Waals surface area contributed by atoms with Crippen molar-refractivity contribution in [2.75, 3.05) is 18.4 Å². The van der Waals surface area contributed by atoms with E-state index in [1.54, 1.807) is 12.5 Å². The normalized spacial score (nSPS) is 16.6. The summed E-state index contributed by atoms with van der Waals surface area (Å²) in [5, 5.41) is 11.4. The van der Waals surface area contributed by atoms with Gasteiger partial charge in [-0.05, 0) is 18.8 Å². The lowest BCUT2D eigenvalue weighted by atomic mass is 10.1. The van der Waals surface area contributed by atoms with E-state index in [2.05, 4.69) is 20.5 Å². The van der Waals surface area contributed by atoms with Crippen molar-refractivity contribution in [1.82, 2.24) is 19.8 Å². The molecule has 2 aromatic rings. The number of hydrogen-bond acceptors (Lipinski definition) is 5. The van der Waals surface area contributed by atoms with Crippen molar-refractivity contribution < 1.29 is 9.32 Å². The van der Waals surface area contributed by atoms with Gasteiger partial charge in [-0.15, -0.1) is 0 Å². The van der Waals surface area contributed by atoms with Crippen LogP contribution in [0.2, 0.25) is 0 Å². The smallest absolute Gasteiger partial charge is 0.225 e. The van der Waals surface area contributed by atoms with Crippen molar-refractivity contribution >= 4 is 11.7 Å². The van der Waals surface area contributed by atoms with Gasteiger partial charge in [0.05, 0.1) is 17.9 Å². The van der Waals surface area contributed by atoms with Gasteiger partial charge in [-0.25, -0.2) is 4.68 Å². The third-order valence-corrected chi connectivity index (χ3v) is 4.31. The fourth-order valence-electron chi connectivity index (χ4n) is 3.14. The van der Waals surface area contributed by atoms with E-state index in [1.807, 2.05) is 30.7 Å². The molecule has 0 unspecified atom stereocenters. The van der Waals surface area contributed by atoms with Gasteiger partial charge in [-0.2, -0.15) is 5.10 Å². The van der Waals surface area contributed by atoms with Crippen LogP contribution in [0.1, 0.15) is 44.8 Å². The van der Waals surface area contributed by atoms with Crippen molar-refractivity contribution in [2.24, 2.45) is 5.92 Å². The Kier molecular flexibility index (Phi) is 5.30. The van der Waals surface area contributed by atoms with E-state index in [-0.39, 0.29) is 5.91 Å². The third-order valence-electron chi connectivity index (χ3n) is 4.31. The maximum absolute atomic E-state index is 12.0. The molecular formula is C17H25N5O2. The zero-order chi connectivity index (χ0) is 16.9. The summed E-state index contributed by atoms with van der Waals surface area (Å²) in [6.07, 6.45) is 5.91. The van der Waals surface area contributed by atoms with Crippen LogP contribution in [0.5, 0.6) is 0 Å². The van der Waals surface area contributed by atoms with Crippen LogP contribution in [0.3, 0.4) is 0 Å². The molecule has 0 aliphatic carbocycles. The van der Waals surface area contributed by atoms with Gasteiger partial charge in [-0.3, -0.25) is 9.69 Å². The maximum Gasteiger partial charge on any atom is 0.225 e. The Morgan fingerprint density at radius 3 is 2.83 bits per heavy atom. The van der Waals surface area contributed by atoms with Gasteiger partial charge in [0.25, 0.3) is 0 Å². The number of carbonyl (C=O) groups excluding carboxylic acids is 1. The van der Waals surface area contributed by atoms with E-state index < -0.39 is 0 Å². The van der Waals surface area contributed by atoms with Gasteiger partial charge in [0, 0.05) is 38.2 Å². The minimum absolute atomic E-state index is 0.0511. The summed E-state index contributed by atoms with van der Waals surface area (Å²) in [7, 11) is 0. The highest BCUT2D eigenvalue weighted by Crippen LogP contribution is 2.26.